The molecule has 2 aromatic rings. The lowest BCUT2D eigenvalue weighted by Gasteiger charge is -2.13. The van der Waals surface area contributed by atoms with Crippen LogP contribution < -0.4 is 5.32 Å². The molecule has 0 radical (unpaired) electrons. The Balaban J connectivity index is 2.18. The summed E-state index contributed by atoms with van der Waals surface area (Å²) in [6, 6.07) is 8.46. The summed E-state index contributed by atoms with van der Waals surface area (Å²) in [5, 5.41) is 3.49. The Kier molecular flexibility index (Phi) is 4.15. The number of nitrogens with one attached hydrogen (secondary N) is 1. The van der Waals surface area contributed by atoms with Gasteiger partial charge in [0.15, 0.2) is 0 Å². The number of aromatic nitrogens is 2. The van der Waals surface area contributed by atoms with Crippen LogP contribution in [0.1, 0.15) is 25.2 Å². The largest absolute Gasteiger partial charge is 0.312 e. The van der Waals surface area contributed by atoms with Crippen molar-refractivity contribution < 1.29 is 0 Å². The molecule has 0 spiro atoms. The molecule has 0 bridgehead atoms. The van der Waals surface area contributed by atoms with Gasteiger partial charge in [0, 0.05) is 18.9 Å². The standard InChI is InChI=1S/C15H21N3/c1-12(2)10-16-11-14-6-4-5-7-15(14)18-9-8-17-13(18)3/h4-9,12,16H,10-11H2,1-3H3. The van der Waals surface area contributed by atoms with Crippen LogP contribution in [0.3, 0.4) is 0 Å². The molecule has 0 unspecified atom stereocenters. The number of imidazole rings is 1. The maximum absolute atomic E-state index is 4.29. The molecule has 0 aliphatic heterocycles. The van der Waals surface area contributed by atoms with E-state index in [0.717, 1.165) is 18.9 Å². The van der Waals surface area contributed by atoms with E-state index in [1.165, 1.54) is 11.3 Å². The predicted octanol–water partition coefficient (Wildman–Crippen LogP) is 2.93. The first-order valence-corrected chi connectivity index (χ1v) is 6.47. The number of rotatable bonds is 5. The minimum atomic E-state index is 0.673. The molecular weight excluding hydrogens is 222 g/mol. The SMILES string of the molecule is Cc1nccn1-c1ccccc1CNCC(C)C. The molecule has 2 rings (SSSR count). The van der Waals surface area contributed by atoms with E-state index < -0.39 is 0 Å². The van der Waals surface area contributed by atoms with E-state index in [1.54, 1.807) is 0 Å². The third-order valence-corrected chi connectivity index (χ3v) is 2.94. The van der Waals surface area contributed by atoms with Crippen molar-refractivity contribution in [3.05, 3.63) is 48.0 Å². The monoisotopic (exact) mass is 243 g/mol. The van der Waals surface area contributed by atoms with Gasteiger partial charge in [-0.05, 0) is 31.0 Å². The third kappa shape index (κ3) is 2.99. The van der Waals surface area contributed by atoms with Gasteiger partial charge in [0.25, 0.3) is 0 Å². The molecule has 1 aromatic carbocycles. The second kappa shape index (κ2) is 5.83. The molecule has 0 saturated carbocycles. The van der Waals surface area contributed by atoms with Crippen LogP contribution in [-0.2, 0) is 6.54 Å². The Morgan fingerprint density at radius 1 is 1.28 bits per heavy atom. The van der Waals surface area contributed by atoms with Crippen molar-refractivity contribution in [2.45, 2.75) is 27.3 Å². The van der Waals surface area contributed by atoms with Crippen molar-refractivity contribution in [2.75, 3.05) is 6.54 Å². The van der Waals surface area contributed by atoms with Crippen LogP contribution in [0.15, 0.2) is 36.7 Å². The number of aryl methyl sites for hydroxylation is 1. The third-order valence-electron chi connectivity index (χ3n) is 2.94. The van der Waals surface area contributed by atoms with Crippen LogP contribution in [-0.4, -0.2) is 16.1 Å². The number of nitrogens with zero attached hydrogens (tertiary/aromatic N) is 2. The highest BCUT2D eigenvalue weighted by atomic mass is 15.1. The van der Waals surface area contributed by atoms with Gasteiger partial charge in [-0.3, -0.25) is 0 Å². The maximum Gasteiger partial charge on any atom is 0.110 e. The summed E-state index contributed by atoms with van der Waals surface area (Å²) in [4.78, 5) is 4.29. The summed E-state index contributed by atoms with van der Waals surface area (Å²) >= 11 is 0. The molecule has 3 heteroatoms. The van der Waals surface area contributed by atoms with Gasteiger partial charge in [-0.15, -0.1) is 0 Å². The lowest BCUT2D eigenvalue weighted by molar-refractivity contribution is 0.551. The maximum atomic E-state index is 4.29. The molecule has 1 heterocycles. The minimum Gasteiger partial charge on any atom is -0.312 e. The first kappa shape index (κ1) is 12.8. The van der Waals surface area contributed by atoms with Gasteiger partial charge in [-0.25, -0.2) is 4.98 Å². The summed E-state index contributed by atoms with van der Waals surface area (Å²) in [7, 11) is 0. The summed E-state index contributed by atoms with van der Waals surface area (Å²) in [5.41, 5.74) is 2.52. The van der Waals surface area contributed by atoms with Crippen LogP contribution in [0, 0.1) is 12.8 Å². The normalized spacial score (nSPS) is 11.1. The van der Waals surface area contributed by atoms with E-state index in [0.29, 0.717) is 5.92 Å². The van der Waals surface area contributed by atoms with Gasteiger partial charge in [-0.1, -0.05) is 32.0 Å². The Labute approximate surface area is 109 Å². The van der Waals surface area contributed by atoms with Gasteiger partial charge >= 0.3 is 0 Å². The minimum absolute atomic E-state index is 0.673. The van der Waals surface area contributed by atoms with E-state index in [9.17, 15) is 0 Å². The van der Waals surface area contributed by atoms with Gasteiger partial charge in [-0.2, -0.15) is 0 Å². The zero-order valence-electron chi connectivity index (χ0n) is 11.4. The number of hydrogen-bond acceptors (Lipinski definition) is 2. The summed E-state index contributed by atoms with van der Waals surface area (Å²) in [6.07, 6.45) is 3.85. The van der Waals surface area contributed by atoms with Crippen molar-refractivity contribution in [1.82, 2.24) is 14.9 Å². The Hall–Kier alpha value is -1.61. The van der Waals surface area contributed by atoms with Crippen LogP contribution >= 0.6 is 0 Å². The first-order chi connectivity index (χ1) is 8.68. The van der Waals surface area contributed by atoms with Crippen molar-refractivity contribution in [1.29, 1.82) is 0 Å². The second-order valence-electron chi connectivity index (χ2n) is 5.00. The number of para-hydroxylation sites is 1. The summed E-state index contributed by atoms with van der Waals surface area (Å²) in [6.45, 7) is 8.40. The highest BCUT2D eigenvalue weighted by molar-refractivity contribution is 5.41. The summed E-state index contributed by atoms with van der Waals surface area (Å²) in [5.74, 6) is 1.69. The van der Waals surface area contributed by atoms with Crippen molar-refractivity contribution >= 4 is 0 Å². The Morgan fingerprint density at radius 2 is 2.06 bits per heavy atom. The average molecular weight is 243 g/mol. The fourth-order valence-electron chi connectivity index (χ4n) is 2.02. The van der Waals surface area contributed by atoms with Crippen molar-refractivity contribution in [3.8, 4) is 5.69 Å². The molecule has 0 aliphatic carbocycles. The molecule has 1 N–H and O–H groups in total. The Bertz CT molecular complexity index is 500. The van der Waals surface area contributed by atoms with E-state index in [2.05, 4.69) is 53.0 Å². The van der Waals surface area contributed by atoms with Gasteiger partial charge in [0.1, 0.15) is 5.82 Å². The molecule has 1 aromatic heterocycles. The molecule has 3 nitrogen and oxygen atoms in total. The zero-order chi connectivity index (χ0) is 13.0. The number of benzene rings is 1. The Morgan fingerprint density at radius 3 is 2.72 bits per heavy atom. The van der Waals surface area contributed by atoms with Crippen LogP contribution in [0.5, 0.6) is 0 Å². The molecular formula is C15H21N3. The molecule has 0 amide bonds. The quantitative estimate of drug-likeness (QED) is 0.875. The van der Waals surface area contributed by atoms with E-state index >= 15 is 0 Å². The van der Waals surface area contributed by atoms with E-state index in [-0.39, 0.29) is 0 Å². The van der Waals surface area contributed by atoms with E-state index in [4.69, 9.17) is 0 Å². The topological polar surface area (TPSA) is 29.9 Å². The fourth-order valence-corrected chi connectivity index (χ4v) is 2.02. The zero-order valence-corrected chi connectivity index (χ0v) is 11.4. The molecule has 0 fully saturated rings. The highest BCUT2D eigenvalue weighted by Gasteiger charge is 2.06. The molecule has 96 valence electrons. The fraction of sp³-hybridized carbons (Fsp3) is 0.400. The smallest absolute Gasteiger partial charge is 0.110 e. The van der Waals surface area contributed by atoms with E-state index in [1.807, 2.05) is 19.3 Å². The molecule has 0 aliphatic rings. The lowest BCUT2D eigenvalue weighted by Crippen LogP contribution is -2.20. The molecule has 0 atom stereocenters. The van der Waals surface area contributed by atoms with Gasteiger partial charge in [0.05, 0.1) is 5.69 Å². The first-order valence-electron chi connectivity index (χ1n) is 6.47. The predicted molar refractivity (Wildman–Crippen MR) is 74.8 cm³/mol. The average Bonchev–Trinajstić information content (AvgIpc) is 2.76. The van der Waals surface area contributed by atoms with Gasteiger partial charge in [0.2, 0.25) is 0 Å². The van der Waals surface area contributed by atoms with Crippen molar-refractivity contribution in [2.24, 2.45) is 5.92 Å². The second-order valence-corrected chi connectivity index (χ2v) is 5.00. The molecule has 0 saturated heterocycles. The van der Waals surface area contributed by atoms with Crippen molar-refractivity contribution in [3.63, 3.8) is 0 Å². The summed E-state index contributed by atoms with van der Waals surface area (Å²) < 4.78 is 2.13. The van der Waals surface area contributed by atoms with Crippen LogP contribution in [0.25, 0.3) is 5.69 Å². The van der Waals surface area contributed by atoms with Crippen LogP contribution in [0.2, 0.25) is 0 Å². The number of hydrogen-bond donors (Lipinski definition) is 1. The van der Waals surface area contributed by atoms with Gasteiger partial charge < -0.3 is 9.88 Å². The van der Waals surface area contributed by atoms with Crippen LogP contribution in [0.4, 0.5) is 0 Å². The lowest BCUT2D eigenvalue weighted by atomic mass is 10.1. The molecule has 18 heavy (non-hydrogen) atoms. The highest BCUT2D eigenvalue weighted by Crippen LogP contribution is 2.15.